The van der Waals surface area contributed by atoms with Gasteiger partial charge in [-0.15, -0.1) is 0 Å². The highest BCUT2D eigenvalue weighted by molar-refractivity contribution is 6.27. The Bertz CT molecular complexity index is 826. The number of hydrogen-bond acceptors (Lipinski definition) is 5. The van der Waals surface area contributed by atoms with Crippen LogP contribution in [-0.2, 0) is 4.79 Å². The van der Waals surface area contributed by atoms with Crippen LogP contribution in [0.2, 0.25) is 0 Å². The lowest BCUT2D eigenvalue weighted by atomic mass is 9.99. The fourth-order valence-corrected chi connectivity index (χ4v) is 2.47. The summed E-state index contributed by atoms with van der Waals surface area (Å²) in [5.74, 6) is -0.418. The monoisotopic (exact) mass is 306 g/mol. The maximum atomic E-state index is 12.7. The van der Waals surface area contributed by atoms with Crippen molar-refractivity contribution in [2.75, 3.05) is 10.6 Å². The standard InChI is InChI=1S/C18H14N2O3/c1-11(22)16(17(23)13-6-4-5-12(9-13)10-21)18-19-14-7-2-3-8-15(14)20-18/h2-10,19-20H,1H3. The number of para-hydroxylation sites is 2. The van der Waals surface area contributed by atoms with Gasteiger partial charge in [0.1, 0.15) is 17.7 Å². The highest BCUT2D eigenvalue weighted by atomic mass is 16.1. The van der Waals surface area contributed by atoms with Crippen LogP contribution in [0.5, 0.6) is 0 Å². The summed E-state index contributed by atoms with van der Waals surface area (Å²) in [5, 5.41) is 6.10. The van der Waals surface area contributed by atoms with Gasteiger partial charge in [0.05, 0.1) is 11.4 Å². The number of rotatable bonds is 4. The number of hydrogen-bond donors (Lipinski definition) is 2. The number of allylic oxidation sites excluding steroid dienone is 1. The lowest BCUT2D eigenvalue weighted by Gasteiger charge is -2.09. The van der Waals surface area contributed by atoms with Crippen LogP contribution >= 0.6 is 0 Å². The van der Waals surface area contributed by atoms with Crippen LogP contribution < -0.4 is 10.6 Å². The van der Waals surface area contributed by atoms with Gasteiger partial charge < -0.3 is 10.6 Å². The Morgan fingerprint density at radius 2 is 1.61 bits per heavy atom. The zero-order chi connectivity index (χ0) is 16.4. The highest BCUT2D eigenvalue weighted by Crippen LogP contribution is 2.31. The Morgan fingerprint density at radius 3 is 2.17 bits per heavy atom. The fraction of sp³-hybridized carbons (Fsp3) is 0.0556. The molecule has 0 atom stereocenters. The Balaban J connectivity index is 2.03. The lowest BCUT2D eigenvalue weighted by Crippen LogP contribution is -2.18. The normalized spacial score (nSPS) is 12.0. The quantitative estimate of drug-likeness (QED) is 0.298. The average Bonchev–Trinajstić information content (AvgIpc) is 2.97. The number of nitrogens with one attached hydrogen (secondary N) is 2. The molecule has 2 aromatic rings. The summed E-state index contributed by atoms with van der Waals surface area (Å²) in [6, 6.07) is 13.7. The molecule has 1 heterocycles. The maximum Gasteiger partial charge on any atom is 0.200 e. The fourth-order valence-electron chi connectivity index (χ4n) is 2.47. The third-order valence-corrected chi connectivity index (χ3v) is 3.56. The minimum atomic E-state index is -0.427. The highest BCUT2D eigenvalue weighted by Gasteiger charge is 2.25. The minimum absolute atomic E-state index is 0.0317. The van der Waals surface area contributed by atoms with Crippen molar-refractivity contribution in [2.24, 2.45) is 0 Å². The van der Waals surface area contributed by atoms with Gasteiger partial charge in [-0.1, -0.05) is 30.3 Å². The van der Waals surface area contributed by atoms with E-state index in [2.05, 4.69) is 10.6 Å². The first-order chi connectivity index (χ1) is 11.1. The van der Waals surface area contributed by atoms with Crippen molar-refractivity contribution >= 4 is 29.2 Å². The van der Waals surface area contributed by atoms with Gasteiger partial charge in [-0.2, -0.15) is 0 Å². The van der Waals surface area contributed by atoms with Gasteiger partial charge in [-0.05, 0) is 25.1 Å². The molecule has 0 unspecified atom stereocenters. The molecule has 114 valence electrons. The molecular weight excluding hydrogens is 292 g/mol. The van der Waals surface area contributed by atoms with E-state index in [1.807, 2.05) is 24.3 Å². The van der Waals surface area contributed by atoms with Crippen LogP contribution in [-0.4, -0.2) is 17.9 Å². The second kappa shape index (κ2) is 5.88. The van der Waals surface area contributed by atoms with E-state index in [0.717, 1.165) is 11.4 Å². The predicted molar refractivity (Wildman–Crippen MR) is 87.6 cm³/mol. The molecule has 0 aromatic heterocycles. The zero-order valence-corrected chi connectivity index (χ0v) is 12.4. The molecule has 0 saturated heterocycles. The molecule has 5 nitrogen and oxygen atoms in total. The molecular formula is C18H14N2O3. The van der Waals surface area contributed by atoms with Crippen LogP contribution in [0.4, 0.5) is 11.4 Å². The summed E-state index contributed by atoms with van der Waals surface area (Å²) in [4.78, 5) is 35.6. The van der Waals surface area contributed by atoms with Crippen molar-refractivity contribution in [3.63, 3.8) is 0 Å². The Kier molecular flexibility index (Phi) is 3.76. The summed E-state index contributed by atoms with van der Waals surface area (Å²) in [5.41, 5.74) is 2.32. The largest absolute Gasteiger partial charge is 0.339 e. The van der Waals surface area contributed by atoms with Gasteiger partial charge in [-0.25, -0.2) is 0 Å². The molecule has 0 fully saturated rings. The molecule has 0 radical (unpaired) electrons. The first-order valence-corrected chi connectivity index (χ1v) is 7.08. The Morgan fingerprint density at radius 1 is 0.957 bits per heavy atom. The second-order valence-corrected chi connectivity index (χ2v) is 5.17. The second-order valence-electron chi connectivity index (χ2n) is 5.17. The molecule has 1 aliphatic heterocycles. The van der Waals surface area contributed by atoms with Crippen molar-refractivity contribution in [1.29, 1.82) is 0 Å². The SMILES string of the molecule is CC(=O)C(C(=O)c1cccc(C=O)c1)=C1Nc2ccccc2N1. The predicted octanol–water partition coefficient (Wildman–Crippen LogP) is 3.02. The number of ketones is 2. The van der Waals surface area contributed by atoms with Crippen LogP contribution in [0, 0.1) is 0 Å². The van der Waals surface area contributed by atoms with Crippen LogP contribution in [0.25, 0.3) is 0 Å². The van der Waals surface area contributed by atoms with E-state index in [4.69, 9.17) is 0 Å². The number of Topliss-reactive ketones (excluding diaryl/α,β-unsaturated/α-hetero) is 2. The first kappa shape index (κ1) is 14.7. The zero-order valence-electron chi connectivity index (χ0n) is 12.4. The van der Waals surface area contributed by atoms with Gasteiger partial charge in [-0.3, -0.25) is 14.4 Å². The van der Waals surface area contributed by atoms with Gasteiger partial charge in [0.15, 0.2) is 11.6 Å². The average molecular weight is 306 g/mol. The molecule has 0 amide bonds. The van der Waals surface area contributed by atoms with E-state index < -0.39 is 5.78 Å². The molecule has 3 rings (SSSR count). The molecule has 2 aromatic carbocycles. The summed E-state index contributed by atoms with van der Waals surface area (Å²) < 4.78 is 0. The molecule has 23 heavy (non-hydrogen) atoms. The summed E-state index contributed by atoms with van der Waals surface area (Å²) >= 11 is 0. The van der Waals surface area contributed by atoms with Gasteiger partial charge in [0.25, 0.3) is 0 Å². The van der Waals surface area contributed by atoms with E-state index in [-0.39, 0.29) is 11.4 Å². The van der Waals surface area contributed by atoms with Crippen LogP contribution in [0.15, 0.2) is 59.9 Å². The van der Waals surface area contributed by atoms with Crippen molar-refractivity contribution in [3.8, 4) is 0 Å². The number of carbonyl (C=O) groups is 3. The van der Waals surface area contributed by atoms with Gasteiger partial charge in [0, 0.05) is 11.1 Å². The van der Waals surface area contributed by atoms with Crippen LogP contribution in [0.3, 0.4) is 0 Å². The maximum absolute atomic E-state index is 12.7. The van der Waals surface area contributed by atoms with Crippen LogP contribution in [0.1, 0.15) is 27.6 Å². The lowest BCUT2D eigenvalue weighted by molar-refractivity contribution is -0.113. The third kappa shape index (κ3) is 2.76. The molecule has 0 spiro atoms. The van der Waals surface area contributed by atoms with Crippen molar-refractivity contribution in [2.45, 2.75) is 6.92 Å². The molecule has 2 N–H and O–H groups in total. The minimum Gasteiger partial charge on any atom is -0.339 e. The molecule has 5 heteroatoms. The Hall–Kier alpha value is -3.21. The number of carbonyl (C=O) groups excluding carboxylic acids is 3. The Labute approximate surface area is 133 Å². The van der Waals surface area contributed by atoms with E-state index >= 15 is 0 Å². The molecule has 0 aliphatic carbocycles. The van der Waals surface area contributed by atoms with Crippen molar-refractivity contribution in [3.05, 3.63) is 71.1 Å². The number of aldehydes is 1. The first-order valence-electron chi connectivity index (χ1n) is 7.08. The van der Waals surface area contributed by atoms with E-state index in [0.29, 0.717) is 23.2 Å². The number of anilines is 2. The van der Waals surface area contributed by atoms with Gasteiger partial charge >= 0.3 is 0 Å². The molecule has 0 saturated carbocycles. The number of fused-ring (bicyclic) bond motifs is 1. The topological polar surface area (TPSA) is 75.3 Å². The summed E-state index contributed by atoms with van der Waals surface area (Å²) in [7, 11) is 0. The molecule has 1 aliphatic rings. The van der Waals surface area contributed by atoms with Gasteiger partial charge in [0.2, 0.25) is 0 Å². The molecule has 0 bridgehead atoms. The van der Waals surface area contributed by atoms with E-state index in [1.54, 1.807) is 18.2 Å². The third-order valence-electron chi connectivity index (χ3n) is 3.56. The number of benzene rings is 2. The van der Waals surface area contributed by atoms with E-state index in [9.17, 15) is 14.4 Å². The van der Waals surface area contributed by atoms with Crippen molar-refractivity contribution in [1.82, 2.24) is 0 Å². The summed E-state index contributed by atoms with van der Waals surface area (Å²) in [6.45, 7) is 1.34. The smallest absolute Gasteiger partial charge is 0.200 e. The van der Waals surface area contributed by atoms with E-state index in [1.165, 1.54) is 13.0 Å². The summed E-state index contributed by atoms with van der Waals surface area (Å²) in [6.07, 6.45) is 0.666. The van der Waals surface area contributed by atoms with Crippen molar-refractivity contribution < 1.29 is 14.4 Å².